The van der Waals surface area contributed by atoms with E-state index in [-0.39, 0.29) is 11.0 Å². The molecule has 3 aliphatic rings. The highest BCUT2D eigenvalue weighted by atomic mass is 14.9. The molecule has 1 nitrogen and oxygen atoms in total. The molecule has 0 aliphatic heterocycles. The minimum atomic E-state index is 0.0534. The van der Waals surface area contributed by atoms with Gasteiger partial charge in [-0.3, -0.25) is 0 Å². The number of hydrogen-bond acceptors (Lipinski definition) is 1. The summed E-state index contributed by atoms with van der Waals surface area (Å²) in [6.45, 7) is 14.0. The van der Waals surface area contributed by atoms with Crippen LogP contribution in [-0.2, 0) is 0 Å². The maximum absolute atomic E-state index is 6.99. The van der Waals surface area contributed by atoms with E-state index in [2.05, 4.69) is 34.3 Å². The highest BCUT2D eigenvalue weighted by molar-refractivity contribution is 5.31. The SMILES string of the molecule is C=C1CC23CC([C@@H]1C)C(C)(C)[C@@]2(N)CC[C@H]3C. The van der Waals surface area contributed by atoms with Crippen LogP contribution in [0.3, 0.4) is 0 Å². The molecule has 0 aromatic carbocycles. The number of nitrogens with two attached hydrogens (primary N) is 1. The van der Waals surface area contributed by atoms with Gasteiger partial charge in [0.2, 0.25) is 0 Å². The van der Waals surface area contributed by atoms with Crippen molar-refractivity contribution in [3.63, 3.8) is 0 Å². The van der Waals surface area contributed by atoms with Crippen molar-refractivity contribution >= 4 is 0 Å². The highest BCUT2D eigenvalue weighted by Crippen LogP contribution is 2.74. The average Bonchev–Trinajstić information content (AvgIpc) is 2.57. The quantitative estimate of drug-likeness (QED) is 0.634. The van der Waals surface area contributed by atoms with Crippen LogP contribution in [0.25, 0.3) is 0 Å². The van der Waals surface area contributed by atoms with E-state index >= 15 is 0 Å². The second-order valence-electron chi connectivity index (χ2n) is 7.72. The maximum Gasteiger partial charge on any atom is 0.0271 e. The van der Waals surface area contributed by atoms with E-state index in [0.29, 0.717) is 11.3 Å². The molecule has 0 heterocycles. The third-order valence-electron chi connectivity index (χ3n) is 7.25. The second kappa shape index (κ2) is 2.99. The summed E-state index contributed by atoms with van der Waals surface area (Å²) in [5.41, 5.74) is 9.15. The molecule has 3 aliphatic carbocycles. The molecule has 3 rings (SSSR count). The Balaban J connectivity index is 2.18. The van der Waals surface area contributed by atoms with Crippen LogP contribution in [-0.4, -0.2) is 5.54 Å². The van der Waals surface area contributed by atoms with E-state index in [9.17, 15) is 0 Å². The predicted octanol–water partition coefficient (Wildman–Crippen LogP) is 3.74. The monoisotopic (exact) mass is 233 g/mol. The zero-order valence-electron chi connectivity index (χ0n) is 11.8. The van der Waals surface area contributed by atoms with Gasteiger partial charge in [-0.15, -0.1) is 0 Å². The molecule has 5 atom stereocenters. The zero-order chi connectivity index (χ0) is 12.6. The molecule has 3 fully saturated rings. The van der Waals surface area contributed by atoms with E-state index in [1.165, 1.54) is 31.3 Å². The summed E-state index contributed by atoms with van der Waals surface area (Å²) in [4.78, 5) is 0. The van der Waals surface area contributed by atoms with Gasteiger partial charge in [0, 0.05) is 5.54 Å². The number of hydrogen-bond donors (Lipinski definition) is 1. The molecule has 0 aromatic heterocycles. The van der Waals surface area contributed by atoms with E-state index in [4.69, 9.17) is 5.73 Å². The molecule has 0 amide bonds. The van der Waals surface area contributed by atoms with Crippen LogP contribution in [0.15, 0.2) is 12.2 Å². The molecule has 0 saturated heterocycles. The van der Waals surface area contributed by atoms with Crippen LogP contribution in [0.5, 0.6) is 0 Å². The highest BCUT2D eigenvalue weighted by Gasteiger charge is 2.72. The van der Waals surface area contributed by atoms with Gasteiger partial charge in [0.25, 0.3) is 0 Å². The summed E-state index contributed by atoms with van der Waals surface area (Å²) < 4.78 is 0. The number of allylic oxidation sites excluding steroid dienone is 1. The Morgan fingerprint density at radius 2 is 1.94 bits per heavy atom. The van der Waals surface area contributed by atoms with Gasteiger partial charge in [0.1, 0.15) is 0 Å². The zero-order valence-corrected chi connectivity index (χ0v) is 11.8. The van der Waals surface area contributed by atoms with Gasteiger partial charge in [-0.05, 0) is 54.3 Å². The van der Waals surface area contributed by atoms with Gasteiger partial charge >= 0.3 is 0 Å². The predicted molar refractivity (Wildman–Crippen MR) is 72.6 cm³/mol. The van der Waals surface area contributed by atoms with Gasteiger partial charge in [-0.25, -0.2) is 0 Å². The Bertz CT molecular complexity index is 383. The van der Waals surface area contributed by atoms with E-state index < -0.39 is 0 Å². The molecule has 0 aromatic rings. The summed E-state index contributed by atoms with van der Waals surface area (Å²) in [5, 5.41) is 0. The lowest BCUT2D eigenvalue weighted by Crippen LogP contribution is -2.57. The van der Waals surface area contributed by atoms with Crippen molar-refractivity contribution in [2.75, 3.05) is 0 Å². The number of rotatable bonds is 0. The Kier molecular flexibility index (Phi) is 2.07. The van der Waals surface area contributed by atoms with Gasteiger partial charge < -0.3 is 5.73 Å². The molecule has 2 bridgehead atoms. The fourth-order valence-corrected chi connectivity index (χ4v) is 5.79. The first-order valence-corrected chi connectivity index (χ1v) is 7.23. The topological polar surface area (TPSA) is 26.0 Å². The number of fused-ring (bicyclic) bond motifs is 1. The minimum absolute atomic E-state index is 0.0534. The van der Waals surface area contributed by atoms with Crippen molar-refractivity contribution in [1.29, 1.82) is 0 Å². The van der Waals surface area contributed by atoms with Crippen LogP contribution in [0, 0.1) is 28.6 Å². The molecule has 1 spiro atoms. The fraction of sp³-hybridized carbons (Fsp3) is 0.875. The van der Waals surface area contributed by atoms with Gasteiger partial charge in [-0.2, -0.15) is 0 Å². The molecule has 17 heavy (non-hydrogen) atoms. The summed E-state index contributed by atoms with van der Waals surface area (Å²) in [6.07, 6.45) is 5.07. The van der Waals surface area contributed by atoms with Gasteiger partial charge in [0.05, 0.1) is 0 Å². The lowest BCUT2D eigenvalue weighted by Gasteiger charge is -2.46. The first-order chi connectivity index (χ1) is 7.76. The van der Waals surface area contributed by atoms with Crippen molar-refractivity contribution in [3.8, 4) is 0 Å². The van der Waals surface area contributed by atoms with Crippen molar-refractivity contribution in [1.82, 2.24) is 0 Å². The van der Waals surface area contributed by atoms with Gasteiger partial charge in [0.15, 0.2) is 0 Å². The molecule has 96 valence electrons. The minimum Gasteiger partial charge on any atom is -0.324 e. The first-order valence-electron chi connectivity index (χ1n) is 7.23. The molecule has 3 saturated carbocycles. The van der Waals surface area contributed by atoms with Crippen LogP contribution in [0.4, 0.5) is 0 Å². The third-order valence-corrected chi connectivity index (χ3v) is 7.25. The second-order valence-corrected chi connectivity index (χ2v) is 7.72. The molecule has 0 radical (unpaired) electrons. The summed E-state index contributed by atoms with van der Waals surface area (Å²) in [7, 11) is 0. The van der Waals surface area contributed by atoms with Crippen molar-refractivity contribution in [3.05, 3.63) is 12.2 Å². The summed E-state index contributed by atoms with van der Waals surface area (Å²) >= 11 is 0. The van der Waals surface area contributed by atoms with Crippen LogP contribution in [0.1, 0.15) is 53.4 Å². The van der Waals surface area contributed by atoms with E-state index in [1.807, 2.05) is 0 Å². The van der Waals surface area contributed by atoms with Crippen molar-refractivity contribution < 1.29 is 0 Å². The largest absolute Gasteiger partial charge is 0.324 e. The Morgan fingerprint density at radius 3 is 2.59 bits per heavy atom. The smallest absolute Gasteiger partial charge is 0.0271 e. The average molecular weight is 233 g/mol. The molecular weight excluding hydrogens is 206 g/mol. The fourth-order valence-electron chi connectivity index (χ4n) is 5.79. The molecule has 2 N–H and O–H groups in total. The van der Waals surface area contributed by atoms with Crippen LogP contribution < -0.4 is 5.73 Å². The summed E-state index contributed by atoms with van der Waals surface area (Å²) in [6, 6.07) is 0. The van der Waals surface area contributed by atoms with E-state index in [0.717, 1.165) is 11.8 Å². The lowest BCUT2D eigenvalue weighted by atomic mass is 9.62. The standard InChI is InChI=1S/C16H27N/c1-10-8-15-9-13(12(10)3)14(4,5)16(15,17)7-6-11(15)2/h11-13H,1,6-9,17H2,2-5H3/t11-,12-,13?,15?,16+/m1/s1. The van der Waals surface area contributed by atoms with Crippen LogP contribution in [0.2, 0.25) is 0 Å². The first kappa shape index (κ1) is 11.8. The van der Waals surface area contributed by atoms with Gasteiger partial charge in [-0.1, -0.05) is 39.8 Å². The molecule has 1 heteroatoms. The maximum atomic E-state index is 6.99. The summed E-state index contributed by atoms with van der Waals surface area (Å²) in [5.74, 6) is 2.19. The van der Waals surface area contributed by atoms with Crippen molar-refractivity contribution in [2.45, 2.75) is 58.9 Å². The Hall–Kier alpha value is -0.300. The molecule has 2 unspecified atom stereocenters. The Labute approximate surface area is 106 Å². The van der Waals surface area contributed by atoms with E-state index in [1.54, 1.807) is 0 Å². The Morgan fingerprint density at radius 1 is 1.29 bits per heavy atom. The molecular formula is C16H27N. The van der Waals surface area contributed by atoms with Crippen LogP contribution >= 0.6 is 0 Å². The normalized spacial score (nSPS) is 56.1. The lowest BCUT2D eigenvalue weighted by molar-refractivity contribution is 0.0871. The third kappa shape index (κ3) is 1.02. The van der Waals surface area contributed by atoms with Crippen molar-refractivity contribution in [2.24, 2.45) is 34.3 Å².